The van der Waals surface area contributed by atoms with Crippen molar-refractivity contribution in [2.45, 2.75) is 19.9 Å². The number of aromatic nitrogens is 2. The molecule has 0 fully saturated rings. The summed E-state index contributed by atoms with van der Waals surface area (Å²) < 4.78 is 0. The molecule has 0 radical (unpaired) electrons. The van der Waals surface area contributed by atoms with Gasteiger partial charge in [-0.05, 0) is 35.7 Å². The molecule has 3 heterocycles. The maximum absolute atomic E-state index is 4.48. The van der Waals surface area contributed by atoms with Crippen LogP contribution in [0.5, 0.6) is 0 Å². The van der Waals surface area contributed by atoms with E-state index >= 15 is 0 Å². The summed E-state index contributed by atoms with van der Waals surface area (Å²) >= 11 is 0. The van der Waals surface area contributed by atoms with Gasteiger partial charge < -0.3 is 9.88 Å². The molecule has 0 amide bonds. The van der Waals surface area contributed by atoms with Crippen LogP contribution in [0.15, 0.2) is 49.3 Å². The highest BCUT2D eigenvalue weighted by atomic mass is 15.2. The van der Waals surface area contributed by atoms with Gasteiger partial charge in [0, 0.05) is 29.4 Å². The number of benzene rings is 1. The highest BCUT2D eigenvalue weighted by molar-refractivity contribution is 5.87. The van der Waals surface area contributed by atoms with Crippen molar-refractivity contribution in [3.05, 3.63) is 66.0 Å². The average molecular weight is 275 g/mol. The van der Waals surface area contributed by atoms with Crippen molar-refractivity contribution < 1.29 is 0 Å². The Balaban J connectivity index is 1.75. The fourth-order valence-electron chi connectivity index (χ4n) is 2.98. The molecule has 0 spiro atoms. The number of aryl methyl sites for hydroxylation is 1. The maximum Gasteiger partial charge on any atom is 0.137 e. The predicted molar refractivity (Wildman–Crippen MR) is 87.1 cm³/mol. The van der Waals surface area contributed by atoms with E-state index in [1.165, 1.54) is 16.7 Å². The first-order chi connectivity index (χ1) is 10.3. The van der Waals surface area contributed by atoms with Crippen LogP contribution in [0.25, 0.3) is 16.7 Å². The Labute approximate surface area is 123 Å². The number of anilines is 1. The quantitative estimate of drug-likeness (QED) is 0.763. The van der Waals surface area contributed by atoms with Gasteiger partial charge in [-0.1, -0.05) is 25.6 Å². The van der Waals surface area contributed by atoms with Crippen LogP contribution in [-0.2, 0) is 13.0 Å². The van der Waals surface area contributed by atoms with Crippen molar-refractivity contribution in [1.29, 1.82) is 0 Å². The summed E-state index contributed by atoms with van der Waals surface area (Å²) in [5.74, 6) is 0. The molecule has 104 valence electrons. The Morgan fingerprint density at radius 3 is 3.05 bits per heavy atom. The van der Waals surface area contributed by atoms with Gasteiger partial charge in [0.2, 0.25) is 0 Å². The molecule has 1 aromatic carbocycles. The molecule has 0 unspecified atom stereocenters. The number of fused-ring (bicyclic) bond motifs is 2. The minimum absolute atomic E-state index is 0.871. The first-order valence-electron chi connectivity index (χ1n) is 7.28. The summed E-state index contributed by atoms with van der Waals surface area (Å²) in [4.78, 5) is 9.85. The van der Waals surface area contributed by atoms with Gasteiger partial charge in [-0.15, -0.1) is 0 Å². The predicted octanol–water partition coefficient (Wildman–Crippen LogP) is 4.12. The molecule has 1 N–H and O–H groups in total. The summed E-state index contributed by atoms with van der Waals surface area (Å²) in [5.41, 5.74) is 7.05. The van der Waals surface area contributed by atoms with E-state index in [9.17, 15) is 0 Å². The first kappa shape index (κ1) is 12.2. The molecule has 1 aliphatic heterocycles. The second kappa shape index (κ2) is 4.48. The van der Waals surface area contributed by atoms with E-state index in [0.717, 1.165) is 35.4 Å². The zero-order valence-electron chi connectivity index (χ0n) is 12.1. The number of nitrogens with zero attached hydrogens (tertiary/aromatic N) is 2. The van der Waals surface area contributed by atoms with Crippen molar-refractivity contribution >= 4 is 22.4 Å². The van der Waals surface area contributed by atoms with Crippen LogP contribution in [0.1, 0.15) is 23.6 Å². The standard InChI is InChI=1S/C18H17N3/c1-3-13-4-5-15-11-21(12(2)17(15)8-13)16-9-14-6-7-19-18(14)20-10-16/h4-10H,2-3,11H2,1H3,(H,19,20). The number of aromatic amines is 1. The van der Waals surface area contributed by atoms with Gasteiger partial charge in [-0.25, -0.2) is 4.98 Å². The van der Waals surface area contributed by atoms with Crippen molar-refractivity contribution in [1.82, 2.24) is 9.97 Å². The summed E-state index contributed by atoms with van der Waals surface area (Å²) in [6.45, 7) is 7.34. The lowest BCUT2D eigenvalue weighted by atomic mass is 10.0. The van der Waals surface area contributed by atoms with Crippen molar-refractivity contribution in [2.75, 3.05) is 4.90 Å². The zero-order valence-corrected chi connectivity index (χ0v) is 12.1. The Kier molecular flexibility index (Phi) is 2.61. The third-order valence-electron chi connectivity index (χ3n) is 4.25. The van der Waals surface area contributed by atoms with E-state index in [2.05, 4.69) is 52.6 Å². The molecule has 4 rings (SSSR count). The molecule has 0 saturated carbocycles. The highest BCUT2D eigenvalue weighted by Gasteiger charge is 2.24. The summed E-state index contributed by atoms with van der Waals surface area (Å²) in [5, 5.41) is 1.13. The van der Waals surface area contributed by atoms with Gasteiger partial charge in [-0.3, -0.25) is 0 Å². The molecule has 0 atom stereocenters. The smallest absolute Gasteiger partial charge is 0.137 e. The van der Waals surface area contributed by atoms with E-state index in [0.29, 0.717) is 0 Å². The Morgan fingerprint density at radius 2 is 2.19 bits per heavy atom. The topological polar surface area (TPSA) is 31.9 Å². The van der Waals surface area contributed by atoms with Crippen LogP contribution >= 0.6 is 0 Å². The van der Waals surface area contributed by atoms with E-state index in [4.69, 9.17) is 0 Å². The molecular formula is C18H17N3. The van der Waals surface area contributed by atoms with Crippen LogP contribution in [0, 0.1) is 0 Å². The minimum atomic E-state index is 0.871. The third-order valence-corrected chi connectivity index (χ3v) is 4.25. The van der Waals surface area contributed by atoms with E-state index in [-0.39, 0.29) is 0 Å². The van der Waals surface area contributed by atoms with Crippen molar-refractivity contribution in [3.8, 4) is 0 Å². The Bertz CT molecular complexity index is 845. The minimum Gasteiger partial charge on any atom is -0.346 e. The van der Waals surface area contributed by atoms with Gasteiger partial charge in [-0.2, -0.15) is 0 Å². The van der Waals surface area contributed by atoms with Gasteiger partial charge in [0.25, 0.3) is 0 Å². The second-order valence-electron chi connectivity index (χ2n) is 5.49. The summed E-state index contributed by atoms with van der Waals surface area (Å²) in [7, 11) is 0. The first-order valence-corrected chi connectivity index (χ1v) is 7.28. The van der Waals surface area contributed by atoms with Crippen LogP contribution in [0.2, 0.25) is 0 Å². The van der Waals surface area contributed by atoms with Crippen LogP contribution in [0.4, 0.5) is 5.69 Å². The van der Waals surface area contributed by atoms with Gasteiger partial charge in [0.1, 0.15) is 5.65 Å². The SMILES string of the molecule is C=C1c2cc(CC)ccc2CN1c1cnc2[nH]ccc2c1. The molecule has 2 aromatic heterocycles. The fraction of sp³-hybridized carbons (Fsp3) is 0.167. The lowest BCUT2D eigenvalue weighted by Crippen LogP contribution is -2.13. The van der Waals surface area contributed by atoms with Gasteiger partial charge >= 0.3 is 0 Å². The zero-order chi connectivity index (χ0) is 14.4. The molecule has 3 aromatic rings. The van der Waals surface area contributed by atoms with Crippen LogP contribution in [-0.4, -0.2) is 9.97 Å². The normalized spacial score (nSPS) is 14.0. The van der Waals surface area contributed by atoms with Crippen molar-refractivity contribution in [2.24, 2.45) is 0 Å². The molecule has 3 heteroatoms. The van der Waals surface area contributed by atoms with Crippen LogP contribution in [0.3, 0.4) is 0 Å². The lowest BCUT2D eigenvalue weighted by molar-refractivity contribution is 1.03. The highest BCUT2D eigenvalue weighted by Crippen LogP contribution is 2.36. The largest absolute Gasteiger partial charge is 0.346 e. The van der Waals surface area contributed by atoms with Gasteiger partial charge in [0.05, 0.1) is 11.9 Å². The molecule has 0 saturated heterocycles. The molecule has 1 aliphatic rings. The Morgan fingerprint density at radius 1 is 1.29 bits per heavy atom. The van der Waals surface area contributed by atoms with E-state index in [1.807, 2.05) is 18.5 Å². The number of pyridine rings is 1. The van der Waals surface area contributed by atoms with E-state index < -0.39 is 0 Å². The second-order valence-corrected chi connectivity index (χ2v) is 5.49. The summed E-state index contributed by atoms with van der Waals surface area (Å²) in [6, 6.07) is 10.9. The summed E-state index contributed by atoms with van der Waals surface area (Å²) in [6.07, 6.45) is 4.89. The maximum atomic E-state index is 4.48. The van der Waals surface area contributed by atoms with Crippen LogP contribution < -0.4 is 4.90 Å². The molecule has 0 bridgehead atoms. The number of nitrogens with one attached hydrogen (secondary N) is 1. The van der Waals surface area contributed by atoms with Crippen molar-refractivity contribution in [3.63, 3.8) is 0 Å². The molecule has 3 nitrogen and oxygen atoms in total. The average Bonchev–Trinajstić information content (AvgIpc) is 3.11. The number of H-pyrrole nitrogens is 1. The van der Waals surface area contributed by atoms with Gasteiger partial charge in [0.15, 0.2) is 0 Å². The number of hydrogen-bond donors (Lipinski definition) is 1. The number of hydrogen-bond acceptors (Lipinski definition) is 2. The van der Waals surface area contributed by atoms with E-state index in [1.54, 1.807) is 0 Å². The molecule has 21 heavy (non-hydrogen) atoms. The monoisotopic (exact) mass is 275 g/mol. The molecular weight excluding hydrogens is 258 g/mol. The third kappa shape index (κ3) is 1.85. The lowest BCUT2D eigenvalue weighted by Gasteiger charge is -2.19. The number of rotatable bonds is 2. The Hall–Kier alpha value is -2.55. The fourth-order valence-corrected chi connectivity index (χ4v) is 2.98. The molecule has 0 aliphatic carbocycles.